The number of aromatic nitrogens is 2. The van der Waals surface area contributed by atoms with Crippen molar-refractivity contribution in [1.29, 1.82) is 0 Å². The fourth-order valence-electron chi connectivity index (χ4n) is 0.890. The molecular weight excluding hydrogens is 154 g/mol. The quantitative estimate of drug-likeness (QED) is 0.642. The normalized spacial score (nSPS) is 10.2. The Labute approximate surface area is 72.1 Å². The van der Waals surface area contributed by atoms with E-state index in [1.165, 1.54) is 0 Å². The third-order valence-corrected chi connectivity index (χ3v) is 1.53. The van der Waals surface area contributed by atoms with Gasteiger partial charge in [-0.05, 0) is 26.3 Å². The molecule has 0 atom stereocenters. The second-order valence-electron chi connectivity index (χ2n) is 2.73. The average Bonchev–Trinajstić information content (AvgIpc) is 2.45. The van der Waals surface area contributed by atoms with Gasteiger partial charge in [0.05, 0.1) is 6.61 Å². The van der Waals surface area contributed by atoms with Gasteiger partial charge in [-0.2, -0.15) is 0 Å². The number of aryl methyl sites for hydroxylation is 1. The van der Waals surface area contributed by atoms with Crippen LogP contribution in [-0.4, -0.2) is 23.3 Å². The van der Waals surface area contributed by atoms with Crippen molar-refractivity contribution in [2.24, 2.45) is 5.73 Å². The fourth-order valence-corrected chi connectivity index (χ4v) is 0.890. The summed E-state index contributed by atoms with van der Waals surface area (Å²) in [6.45, 7) is 3.37. The predicted octanol–water partition coefficient (Wildman–Crippen LogP) is 0.836. The van der Waals surface area contributed by atoms with E-state index in [0.717, 1.165) is 25.1 Å². The van der Waals surface area contributed by atoms with E-state index < -0.39 is 0 Å². The number of aromatic amines is 1. The van der Waals surface area contributed by atoms with Crippen LogP contribution < -0.4 is 10.5 Å². The molecule has 4 heteroatoms. The van der Waals surface area contributed by atoms with Crippen molar-refractivity contribution in [3.8, 4) is 5.88 Å². The van der Waals surface area contributed by atoms with Crippen LogP contribution >= 0.6 is 0 Å². The Morgan fingerprint density at radius 2 is 2.42 bits per heavy atom. The number of nitrogens with zero attached hydrogens (tertiary/aromatic N) is 1. The van der Waals surface area contributed by atoms with Gasteiger partial charge in [-0.3, -0.25) is 5.10 Å². The van der Waals surface area contributed by atoms with Gasteiger partial charge in [-0.25, -0.2) is 0 Å². The van der Waals surface area contributed by atoms with E-state index in [-0.39, 0.29) is 0 Å². The van der Waals surface area contributed by atoms with Gasteiger partial charge in [0, 0.05) is 11.8 Å². The maximum atomic E-state index is 5.33. The number of H-pyrrole nitrogens is 1. The van der Waals surface area contributed by atoms with Crippen molar-refractivity contribution >= 4 is 0 Å². The largest absolute Gasteiger partial charge is 0.477 e. The van der Waals surface area contributed by atoms with Crippen LogP contribution in [0.3, 0.4) is 0 Å². The van der Waals surface area contributed by atoms with Gasteiger partial charge in [-0.1, -0.05) is 0 Å². The molecule has 1 heterocycles. The van der Waals surface area contributed by atoms with E-state index in [2.05, 4.69) is 10.2 Å². The first kappa shape index (κ1) is 9.06. The molecule has 0 saturated heterocycles. The second kappa shape index (κ2) is 4.77. The third-order valence-electron chi connectivity index (χ3n) is 1.53. The Balaban J connectivity index is 2.15. The molecular formula is C8H15N3O. The fraction of sp³-hybridized carbons (Fsp3) is 0.625. The molecule has 0 radical (unpaired) electrons. The van der Waals surface area contributed by atoms with Crippen molar-refractivity contribution in [2.45, 2.75) is 19.8 Å². The summed E-state index contributed by atoms with van der Waals surface area (Å²) < 4.78 is 5.33. The molecule has 1 aromatic heterocycles. The first-order chi connectivity index (χ1) is 5.83. The van der Waals surface area contributed by atoms with E-state index in [1.54, 1.807) is 0 Å². The van der Waals surface area contributed by atoms with Crippen LogP contribution in [0.1, 0.15) is 18.5 Å². The summed E-state index contributed by atoms with van der Waals surface area (Å²) in [5.41, 5.74) is 6.35. The van der Waals surface area contributed by atoms with Crippen molar-refractivity contribution in [1.82, 2.24) is 10.2 Å². The summed E-state index contributed by atoms with van der Waals surface area (Å²) in [6.07, 6.45) is 1.99. The number of rotatable bonds is 5. The summed E-state index contributed by atoms with van der Waals surface area (Å²) in [7, 11) is 0. The van der Waals surface area contributed by atoms with Gasteiger partial charge >= 0.3 is 0 Å². The van der Waals surface area contributed by atoms with Gasteiger partial charge in [0.15, 0.2) is 0 Å². The van der Waals surface area contributed by atoms with Crippen molar-refractivity contribution in [3.63, 3.8) is 0 Å². The first-order valence-electron chi connectivity index (χ1n) is 4.18. The molecule has 0 bridgehead atoms. The molecule has 0 amide bonds. The Kier molecular flexibility index (Phi) is 3.60. The smallest absolute Gasteiger partial charge is 0.232 e. The van der Waals surface area contributed by atoms with Gasteiger partial charge in [0.25, 0.3) is 0 Å². The minimum Gasteiger partial charge on any atom is -0.477 e. The van der Waals surface area contributed by atoms with Crippen LogP contribution in [0.2, 0.25) is 0 Å². The number of ether oxygens (including phenoxy) is 1. The van der Waals surface area contributed by atoms with E-state index in [1.807, 2.05) is 13.0 Å². The molecule has 0 unspecified atom stereocenters. The number of nitrogens with two attached hydrogens (primary N) is 1. The van der Waals surface area contributed by atoms with Crippen LogP contribution in [0.15, 0.2) is 6.07 Å². The Morgan fingerprint density at radius 1 is 1.58 bits per heavy atom. The van der Waals surface area contributed by atoms with E-state index >= 15 is 0 Å². The predicted molar refractivity (Wildman–Crippen MR) is 47.1 cm³/mol. The molecule has 0 spiro atoms. The molecule has 0 saturated carbocycles. The maximum absolute atomic E-state index is 5.33. The Bertz CT molecular complexity index is 222. The van der Waals surface area contributed by atoms with Gasteiger partial charge in [-0.15, -0.1) is 5.10 Å². The highest BCUT2D eigenvalue weighted by Gasteiger charge is 1.96. The monoisotopic (exact) mass is 169 g/mol. The first-order valence-corrected chi connectivity index (χ1v) is 4.18. The second-order valence-corrected chi connectivity index (χ2v) is 2.73. The van der Waals surface area contributed by atoms with Crippen molar-refractivity contribution < 1.29 is 4.74 Å². The SMILES string of the molecule is Cc1cc(OCCCCN)n[nH]1. The zero-order valence-corrected chi connectivity index (χ0v) is 7.34. The molecule has 1 rings (SSSR count). The van der Waals surface area contributed by atoms with Gasteiger partial charge in [0.1, 0.15) is 0 Å². The summed E-state index contributed by atoms with van der Waals surface area (Å²) in [5, 5.41) is 6.74. The minimum atomic E-state index is 0.671. The highest BCUT2D eigenvalue weighted by molar-refractivity contribution is 5.11. The topological polar surface area (TPSA) is 63.9 Å². The molecule has 1 aromatic rings. The Hall–Kier alpha value is -1.03. The number of hydrogen-bond donors (Lipinski definition) is 2. The zero-order chi connectivity index (χ0) is 8.81. The van der Waals surface area contributed by atoms with Crippen LogP contribution in [0.25, 0.3) is 0 Å². The van der Waals surface area contributed by atoms with Crippen molar-refractivity contribution in [2.75, 3.05) is 13.2 Å². The average molecular weight is 169 g/mol. The van der Waals surface area contributed by atoms with Crippen molar-refractivity contribution in [3.05, 3.63) is 11.8 Å². The van der Waals surface area contributed by atoms with Crippen LogP contribution in [-0.2, 0) is 0 Å². The van der Waals surface area contributed by atoms with Crippen LogP contribution in [0, 0.1) is 6.92 Å². The summed E-state index contributed by atoms with van der Waals surface area (Å²) in [4.78, 5) is 0. The maximum Gasteiger partial charge on any atom is 0.232 e. The highest BCUT2D eigenvalue weighted by Crippen LogP contribution is 2.06. The van der Waals surface area contributed by atoms with E-state index in [0.29, 0.717) is 12.5 Å². The van der Waals surface area contributed by atoms with Crippen LogP contribution in [0.4, 0.5) is 0 Å². The summed E-state index contributed by atoms with van der Waals surface area (Å²) in [5.74, 6) is 0.671. The number of hydrogen-bond acceptors (Lipinski definition) is 3. The Morgan fingerprint density at radius 3 is 3.00 bits per heavy atom. The molecule has 4 nitrogen and oxygen atoms in total. The minimum absolute atomic E-state index is 0.671. The molecule has 0 aliphatic heterocycles. The van der Waals surface area contributed by atoms with Crippen LogP contribution in [0.5, 0.6) is 5.88 Å². The summed E-state index contributed by atoms with van der Waals surface area (Å²) in [6, 6.07) is 1.88. The lowest BCUT2D eigenvalue weighted by atomic mass is 10.3. The zero-order valence-electron chi connectivity index (χ0n) is 7.34. The molecule has 12 heavy (non-hydrogen) atoms. The van der Waals surface area contributed by atoms with Gasteiger partial charge < -0.3 is 10.5 Å². The summed E-state index contributed by atoms with van der Waals surface area (Å²) >= 11 is 0. The molecule has 0 aromatic carbocycles. The highest BCUT2D eigenvalue weighted by atomic mass is 16.5. The van der Waals surface area contributed by atoms with E-state index in [4.69, 9.17) is 10.5 Å². The third kappa shape index (κ3) is 2.92. The standard InChI is InChI=1S/C8H15N3O/c1-7-6-8(11-10-7)12-5-3-2-4-9/h6H,2-5,9H2,1H3,(H,10,11). The number of nitrogens with one attached hydrogen (secondary N) is 1. The molecule has 0 fully saturated rings. The lowest BCUT2D eigenvalue weighted by Crippen LogP contribution is -2.03. The molecule has 3 N–H and O–H groups in total. The van der Waals surface area contributed by atoms with Gasteiger partial charge in [0.2, 0.25) is 5.88 Å². The molecule has 0 aliphatic carbocycles. The lowest BCUT2D eigenvalue weighted by Gasteiger charge is -1.99. The number of unbranched alkanes of at least 4 members (excludes halogenated alkanes) is 1. The molecule has 68 valence electrons. The lowest BCUT2D eigenvalue weighted by molar-refractivity contribution is 0.296. The molecule has 0 aliphatic rings. The van der Waals surface area contributed by atoms with E-state index in [9.17, 15) is 0 Å².